The Hall–Kier alpha value is -1.60. The predicted molar refractivity (Wildman–Crippen MR) is 81.8 cm³/mol. The highest BCUT2D eigenvalue weighted by molar-refractivity contribution is 5.89. The Bertz CT molecular complexity index is 493. The molecule has 3 heterocycles. The third-order valence-corrected chi connectivity index (χ3v) is 4.19. The van der Waals surface area contributed by atoms with Crippen LogP contribution in [0.15, 0.2) is 12.4 Å². The van der Waals surface area contributed by atoms with Gasteiger partial charge in [0.25, 0.3) is 0 Å². The summed E-state index contributed by atoms with van der Waals surface area (Å²) >= 11 is 0. The molecule has 3 atom stereocenters. The zero-order valence-electron chi connectivity index (χ0n) is 13.0. The lowest BCUT2D eigenvalue weighted by Gasteiger charge is -2.19. The lowest BCUT2D eigenvalue weighted by atomic mass is 10.1. The van der Waals surface area contributed by atoms with Gasteiger partial charge < -0.3 is 20.1 Å². The van der Waals surface area contributed by atoms with E-state index >= 15 is 0 Å². The number of carbonyl (C=O) groups excluding carboxylic acids is 1. The number of nitrogens with one attached hydrogen (secondary N) is 2. The zero-order valence-corrected chi connectivity index (χ0v) is 13.0. The summed E-state index contributed by atoms with van der Waals surface area (Å²) in [4.78, 5) is 12.0. The summed E-state index contributed by atoms with van der Waals surface area (Å²) in [6.07, 6.45) is 8.09. The van der Waals surface area contributed by atoms with Crippen LogP contribution in [0.4, 0.5) is 10.5 Å². The van der Waals surface area contributed by atoms with Gasteiger partial charge in [-0.05, 0) is 32.6 Å². The molecule has 2 amide bonds. The van der Waals surface area contributed by atoms with Gasteiger partial charge in [0.1, 0.15) is 0 Å². The van der Waals surface area contributed by atoms with E-state index in [1.165, 1.54) is 0 Å². The van der Waals surface area contributed by atoms with Gasteiger partial charge in [-0.1, -0.05) is 0 Å². The molecule has 0 bridgehead atoms. The van der Waals surface area contributed by atoms with Crippen LogP contribution in [-0.2, 0) is 16.0 Å². The molecule has 1 aromatic heterocycles. The number of carbonyl (C=O) groups is 1. The molecular weight excluding hydrogens is 284 g/mol. The van der Waals surface area contributed by atoms with Gasteiger partial charge in [-0.3, -0.25) is 4.68 Å². The summed E-state index contributed by atoms with van der Waals surface area (Å²) in [6.45, 7) is 4.32. The summed E-state index contributed by atoms with van der Waals surface area (Å²) in [5.74, 6) is 0. The Labute approximate surface area is 130 Å². The second kappa shape index (κ2) is 7.11. The molecule has 7 nitrogen and oxygen atoms in total. The molecule has 2 saturated heterocycles. The van der Waals surface area contributed by atoms with Crippen molar-refractivity contribution in [2.45, 2.75) is 57.4 Å². The number of hydrogen-bond acceptors (Lipinski definition) is 4. The van der Waals surface area contributed by atoms with E-state index in [0.717, 1.165) is 45.4 Å². The van der Waals surface area contributed by atoms with Crippen LogP contribution >= 0.6 is 0 Å². The van der Waals surface area contributed by atoms with Gasteiger partial charge in [0.2, 0.25) is 0 Å². The van der Waals surface area contributed by atoms with Gasteiger partial charge in [0.15, 0.2) is 0 Å². The lowest BCUT2D eigenvalue weighted by molar-refractivity contribution is 0.0868. The number of urea groups is 1. The van der Waals surface area contributed by atoms with Crippen molar-refractivity contribution in [3.8, 4) is 0 Å². The largest absolute Gasteiger partial charge is 0.376 e. The van der Waals surface area contributed by atoms with Crippen molar-refractivity contribution in [1.29, 1.82) is 0 Å². The van der Waals surface area contributed by atoms with E-state index in [-0.39, 0.29) is 24.3 Å². The molecule has 0 spiro atoms. The van der Waals surface area contributed by atoms with Crippen molar-refractivity contribution in [2.75, 3.05) is 18.5 Å². The average molecular weight is 308 g/mol. The fourth-order valence-corrected chi connectivity index (χ4v) is 2.99. The highest BCUT2D eigenvalue weighted by Crippen LogP contribution is 2.16. The molecule has 3 rings (SSSR count). The molecule has 0 aromatic carbocycles. The smallest absolute Gasteiger partial charge is 0.319 e. The minimum Gasteiger partial charge on any atom is -0.376 e. The Morgan fingerprint density at radius 1 is 1.41 bits per heavy atom. The van der Waals surface area contributed by atoms with Crippen molar-refractivity contribution in [2.24, 2.45) is 0 Å². The monoisotopic (exact) mass is 308 g/mol. The Morgan fingerprint density at radius 2 is 2.23 bits per heavy atom. The number of ether oxygens (including phenoxy) is 2. The first-order chi connectivity index (χ1) is 10.7. The second-order valence-corrected chi connectivity index (χ2v) is 6.02. The maximum Gasteiger partial charge on any atom is 0.319 e. The number of amides is 2. The number of anilines is 1. The third kappa shape index (κ3) is 3.98. The summed E-state index contributed by atoms with van der Waals surface area (Å²) in [5, 5.41) is 9.99. The first-order valence-electron chi connectivity index (χ1n) is 8.04. The molecule has 0 radical (unpaired) electrons. The van der Waals surface area contributed by atoms with Gasteiger partial charge in [-0.2, -0.15) is 5.10 Å². The van der Waals surface area contributed by atoms with Gasteiger partial charge in [-0.25, -0.2) is 4.79 Å². The SMILES string of the molecule is CC(NC(=O)Nc1cnn(CC2CCCO2)c1)C1CCCO1. The van der Waals surface area contributed by atoms with Crippen molar-refractivity contribution in [3.63, 3.8) is 0 Å². The molecule has 1 aromatic rings. The van der Waals surface area contributed by atoms with Crippen LogP contribution in [-0.4, -0.2) is 47.3 Å². The maximum absolute atomic E-state index is 12.0. The molecule has 122 valence electrons. The topological polar surface area (TPSA) is 77.4 Å². The summed E-state index contributed by atoms with van der Waals surface area (Å²) < 4.78 is 13.0. The second-order valence-electron chi connectivity index (χ2n) is 6.02. The number of rotatable bonds is 5. The van der Waals surface area contributed by atoms with Gasteiger partial charge in [0, 0.05) is 19.4 Å². The van der Waals surface area contributed by atoms with Crippen LogP contribution in [0.25, 0.3) is 0 Å². The predicted octanol–water partition coefficient (Wildman–Crippen LogP) is 1.75. The molecular formula is C15H24N4O3. The van der Waals surface area contributed by atoms with Crippen LogP contribution in [0.5, 0.6) is 0 Å². The number of aromatic nitrogens is 2. The van der Waals surface area contributed by atoms with Crippen LogP contribution in [0, 0.1) is 0 Å². The van der Waals surface area contributed by atoms with Crippen LogP contribution in [0.2, 0.25) is 0 Å². The first-order valence-corrected chi connectivity index (χ1v) is 8.04. The number of hydrogen-bond donors (Lipinski definition) is 2. The molecule has 0 aliphatic carbocycles. The van der Waals surface area contributed by atoms with E-state index in [1.54, 1.807) is 6.20 Å². The maximum atomic E-state index is 12.0. The highest BCUT2D eigenvalue weighted by Gasteiger charge is 2.23. The van der Waals surface area contributed by atoms with Crippen LogP contribution < -0.4 is 10.6 Å². The third-order valence-electron chi connectivity index (χ3n) is 4.19. The zero-order chi connectivity index (χ0) is 15.4. The average Bonchev–Trinajstić information content (AvgIpc) is 3.20. The van der Waals surface area contributed by atoms with Crippen LogP contribution in [0.3, 0.4) is 0 Å². The Kier molecular flexibility index (Phi) is 4.94. The Morgan fingerprint density at radius 3 is 2.95 bits per heavy atom. The van der Waals surface area contributed by atoms with Gasteiger partial charge in [-0.15, -0.1) is 0 Å². The minimum absolute atomic E-state index is 0.00411. The molecule has 2 N–H and O–H groups in total. The molecule has 2 aliphatic rings. The molecule has 0 saturated carbocycles. The van der Waals surface area contributed by atoms with E-state index in [4.69, 9.17) is 9.47 Å². The van der Waals surface area contributed by atoms with E-state index in [9.17, 15) is 4.79 Å². The first kappa shape index (κ1) is 15.3. The molecule has 7 heteroatoms. The number of nitrogens with zero attached hydrogens (tertiary/aromatic N) is 2. The molecule has 2 aliphatic heterocycles. The molecule has 2 fully saturated rings. The molecule has 3 unspecified atom stereocenters. The fourth-order valence-electron chi connectivity index (χ4n) is 2.99. The molecule has 22 heavy (non-hydrogen) atoms. The Balaban J connectivity index is 1.45. The summed E-state index contributed by atoms with van der Waals surface area (Å²) in [7, 11) is 0. The van der Waals surface area contributed by atoms with Crippen molar-refractivity contribution < 1.29 is 14.3 Å². The van der Waals surface area contributed by atoms with E-state index in [2.05, 4.69) is 15.7 Å². The van der Waals surface area contributed by atoms with E-state index in [0.29, 0.717) is 5.69 Å². The fraction of sp³-hybridized carbons (Fsp3) is 0.733. The highest BCUT2D eigenvalue weighted by atomic mass is 16.5. The minimum atomic E-state index is -0.223. The van der Waals surface area contributed by atoms with Crippen molar-refractivity contribution >= 4 is 11.7 Å². The van der Waals surface area contributed by atoms with Crippen molar-refractivity contribution in [3.05, 3.63) is 12.4 Å². The van der Waals surface area contributed by atoms with Gasteiger partial charge in [0.05, 0.1) is 36.7 Å². The van der Waals surface area contributed by atoms with E-state index < -0.39 is 0 Å². The normalized spacial score (nSPS) is 26.0. The van der Waals surface area contributed by atoms with Gasteiger partial charge >= 0.3 is 6.03 Å². The standard InChI is InChI=1S/C15H24N4O3/c1-11(14-5-3-7-22-14)17-15(20)18-12-8-16-19(9-12)10-13-4-2-6-21-13/h8-9,11,13-14H,2-7,10H2,1H3,(H2,17,18,20). The quantitative estimate of drug-likeness (QED) is 0.869. The summed E-state index contributed by atoms with van der Waals surface area (Å²) in [5.41, 5.74) is 0.690. The van der Waals surface area contributed by atoms with E-state index in [1.807, 2.05) is 17.8 Å². The summed E-state index contributed by atoms with van der Waals surface area (Å²) in [6, 6.07) is -0.218. The van der Waals surface area contributed by atoms with Crippen LogP contribution in [0.1, 0.15) is 32.6 Å². The lowest BCUT2D eigenvalue weighted by Crippen LogP contribution is -2.42. The van der Waals surface area contributed by atoms with Crippen molar-refractivity contribution in [1.82, 2.24) is 15.1 Å².